The fourth-order valence-electron chi connectivity index (χ4n) is 3.65. The summed E-state index contributed by atoms with van der Waals surface area (Å²) in [6, 6.07) is 0.158. The summed E-state index contributed by atoms with van der Waals surface area (Å²) in [5, 5.41) is 0. The second-order valence-corrected chi connectivity index (χ2v) is 8.15. The zero-order valence-electron chi connectivity index (χ0n) is 14.3. The van der Waals surface area contributed by atoms with E-state index >= 15 is 0 Å². The normalized spacial score (nSPS) is 28.3. The summed E-state index contributed by atoms with van der Waals surface area (Å²) in [5.41, 5.74) is 0.264. The van der Waals surface area contributed by atoms with E-state index in [0.717, 1.165) is 31.3 Å². The van der Waals surface area contributed by atoms with E-state index < -0.39 is 5.41 Å². The van der Waals surface area contributed by atoms with Gasteiger partial charge in [0, 0.05) is 0 Å². The van der Waals surface area contributed by atoms with E-state index in [-0.39, 0.29) is 29.2 Å². The maximum Gasteiger partial charge on any atom is 0.239 e. The predicted molar refractivity (Wildman–Crippen MR) is 84.6 cm³/mol. The number of amides is 2. The standard InChI is InChI=1S/C18H29NO2/c1-12(2)11-18(6,17(3,4)5)16(21)19-14-10-8-7-9-13(14)15(19)20/h11,13-14H,7-10H2,1-6H3. The molecule has 118 valence electrons. The van der Waals surface area contributed by atoms with Crippen molar-refractivity contribution in [2.45, 2.75) is 73.3 Å². The molecule has 1 saturated heterocycles. The molecule has 2 fully saturated rings. The van der Waals surface area contributed by atoms with Gasteiger partial charge in [-0.15, -0.1) is 0 Å². The summed E-state index contributed by atoms with van der Waals surface area (Å²) >= 11 is 0. The second kappa shape index (κ2) is 5.26. The Morgan fingerprint density at radius 3 is 2.24 bits per heavy atom. The summed E-state index contributed by atoms with van der Waals surface area (Å²) in [6.45, 7) is 12.2. The highest BCUT2D eigenvalue weighted by atomic mass is 16.2. The van der Waals surface area contributed by atoms with Gasteiger partial charge in [0.25, 0.3) is 0 Å². The zero-order valence-corrected chi connectivity index (χ0v) is 14.3. The number of hydrogen-bond acceptors (Lipinski definition) is 2. The molecule has 0 N–H and O–H groups in total. The molecule has 3 atom stereocenters. The Balaban J connectivity index is 2.32. The van der Waals surface area contributed by atoms with Gasteiger partial charge in [-0.05, 0) is 39.0 Å². The van der Waals surface area contributed by atoms with Crippen molar-refractivity contribution in [3.05, 3.63) is 11.6 Å². The van der Waals surface area contributed by atoms with Gasteiger partial charge < -0.3 is 0 Å². The van der Waals surface area contributed by atoms with Crippen LogP contribution in [0.5, 0.6) is 0 Å². The summed E-state index contributed by atoms with van der Waals surface area (Å²) < 4.78 is 0. The van der Waals surface area contributed by atoms with Crippen LogP contribution < -0.4 is 0 Å². The Kier molecular flexibility index (Phi) is 4.07. The van der Waals surface area contributed by atoms with Crippen molar-refractivity contribution < 1.29 is 9.59 Å². The summed E-state index contributed by atoms with van der Waals surface area (Å²) in [7, 11) is 0. The number of allylic oxidation sites excluding steroid dienone is 1. The Morgan fingerprint density at radius 2 is 1.71 bits per heavy atom. The number of likely N-dealkylation sites (tertiary alicyclic amines) is 1. The number of imide groups is 1. The van der Waals surface area contributed by atoms with Gasteiger partial charge in [-0.25, -0.2) is 0 Å². The molecular formula is C18H29NO2. The van der Waals surface area contributed by atoms with E-state index in [2.05, 4.69) is 20.8 Å². The largest absolute Gasteiger partial charge is 0.278 e. The number of fused-ring (bicyclic) bond motifs is 1. The quantitative estimate of drug-likeness (QED) is 0.571. The first-order valence-electron chi connectivity index (χ1n) is 8.13. The Morgan fingerprint density at radius 1 is 1.14 bits per heavy atom. The topological polar surface area (TPSA) is 37.4 Å². The van der Waals surface area contributed by atoms with Crippen molar-refractivity contribution in [3.8, 4) is 0 Å². The average molecular weight is 291 g/mol. The number of β-lactam (4-membered cyclic amide) rings is 1. The minimum atomic E-state index is -0.635. The molecule has 0 aromatic rings. The first-order valence-corrected chi connectivity index (χ1v) is 8.13. The molecule has 1 aliphatic heterocycles. The lowest BCUT2D eigenvalue weighted by atomic mass is 9.64. The number of carbonyl (C=O) groups excluding carboxylic acids is 2. The highest BCUT2D eigenvalue weighted by molar-refractivity contribution is 6.05. The molecule has 3 nitrogen and oxygen atoms in total. The van der Waals surface area contributed by atoms with E-state index in [1.807, 2.05) is 26.8 Å². The predicted octanol–water partition coefficient (Wildman–Crippen LogP) is 3.93. The molecule has 2 rings (SSSR count). The van der Waals surface area contributed by atoms with Crippen LogP contribution in [0, 0.1) is 16.7 Å². The number of rotatable bonds is 2. The molecule has 0 aromatic heterocycles. The van der Waals surface area contributed by atoms with Gasteiger partial charge in [0.05, 0.1) is 17.4 Å². The minimum Gasteiger partial charge on any atom is -0.278 e. The van der Waals surface area contributed by atoms with Crippen LogP contribution >= 0.6 is 0 Å². The monoisotopic (exact) mass is 291 g/mol. The van der Waals surface area contributed by atoms with Crippen molar-refractivity contribution in [1.29, 1.82) is 0 Å². The molecule has 3 unspecified atom stereocenters. The van der Waals surface area contributed by atoms with Gasteiger partial charge in [-0.2, -0.15) is 0 Å². The lowest BCUT2D eigenvalue weighted by molar-refractivity contribution is -0.175. The molecule has 1 aliphatic carbocycles. The average Bonchev–Trinajstić information content (AvgIpc) is 2.36. The molecule has 0 radical (unpaired) electrons. The van der Waals surface area contributed by atoms with E-state index in [1.165, 1.54) is 0 Å². The first-order chi connectivity index (χ1) is 9.59. The molecule has 0 bridgehead atoms. The van der Waals surface area contributed by atoms with Crippen LogP contribution in [0.4, 0.5) is 0 Å². The van der Waals surface area contributed by atoms with E-state index in [0.29, 0.717) is 0 Å². The van der Waals surface area contributed by atoms with Crippen LogP contribution in [0.2, 0.25) is 0 Å². The summed E-state index contributed by atoms with van der Waals surface area (Å²) in [4.78, 5) is 27.1. The lowest BCUT2D eigenvalue weighted by Gasteiger charge is -2.52. The molecule has 21 heavy (non-hydrogen) atoms. The Hall–Kier alpha value is -1.12. The van der Waals surface area contributed by atoms with Crippen LogP contribution in [-0.2, 0) is 9.59 Å². The Labute approximate surface area is 128 Å². The Bertz CT molecular complexity index is 482. The fraction of sp³-hybridized carbons (Fsp3) is 0.778. The van der Waals surface area contributed by atoms with Gasteiger partial charge in [0.15, 0.2) is 0 Å². The van der Waals surface area contributed by atoms with Crippen LogP contribution in [0.15, 0.2) is 11.6 Å². The minimum absolute atomic E-state index is 0.00986. The van der Waals surface area contributed by atoms with Gasteiger partial charge in [0.1, 0.15) is 0 Å². The summed E-state index contributed by atoms with van der Waals surface area (Å²) in [5.74, 6) is 0.158. The van der Waals surface area contributed by atoms with Gasteiger partial charge in [-0.3, -0.25) is 14.5 Å². The van der Waals surface area contributed by atoms with Crippen LogP contribution in [0.3, 0.4) is 0 Å². The highest BCUT2D eigenvalue weighted by Crippen LogP contribution is 2.47. The van der Waals surface area contributed by atoms with Crippen molar-refractivity contribution in [1.82, 2.24) is 4.90 Å². The van der Waals surface area contributed by atoms with E-state index in [9.17, 15) is 9.59 Å². The van der Waals surface area contributed by atoms with E-state index in [4.69, 9.17) is 0 Å². The van der Waals surface area contributed by atoms with Crippen molar-refractivity contribution in [3.63, 3.8) is 0 Å². The van der Waals surface area contributed by atoms with Gasteiger partial charge >= 0.3 is 0 Å². The van der Waals surface area contributed by atoms with Crippen molar-refractivity contribution >= 4 is 11.8 Å². The third-order valence-electron chi connectivity index (χ3n) is 5.41. The number of carbonyl (C=O) groups is 2. The van der Waals surface area contributed by atoms with Crippen LogP contribution in [0.25, 0.3) is 0 Å². The highest BCUT2D eigenvalue weighted by Gasteiger charge is 2.56. The number of nitrogens with zero attached hydrogens (tertiary/aromatic N) is 1. The molecular weight excluding hydrogens is 262 g/mol. The van der Waals surface area contributed by atoms with E-state index in [1.54, 1.807) is 4.90 Å². The molecule has 3 heteroatoms. The SMILES string of the molecule is CC(C)=CC(C)(C(=O)N1C(=O)C2CCCCC21)C(C)(C)C. The maximum atomic E-state index is 13.2. The van der Waals surface area contributed by atoms with Crippen LogP contribution in [0.1, 0.15) is 67.2 Å². The lowest BCUT2D eigenvalue weighted by Crippen LogP contribution is -2.67. The summed E-state index contributed by atoms with van der Waals surface area (Å²) in [6.07, 6.45) is 6.24. The maximum absolute atomic E-state index is 13.2. The third kappa shape index (κ3) is 2.56. The second-order valence-electron chi connectivity index (χ2n) is 8.15. The molecule has 2 aliphatic rings. The molecule has 1 saturated carbocycles. The molecule has 0 spiro atoms. The van der Waals surface area contributed by atoms with Gasteiger partial charge in [0.2, 0.25) is 11.8 Å². The zero-order chi connectivity index (χ0) is 16.0. The van der Waals surface area contributed by atoms with Gasteiger partial charge in [-0.1, -0.05) is 45.3 Å². The van der Waals surface area contributed by atoms with Crippen LogP contribution in [-0.4, -0.2) is 22.8 Å². The smallest absolute Gasteiger partial charge is 0.239 e. The molecule has 2 amide bonds. The molecule has 1 heterocycles. The van der Waals surface area contributed by atoms with Crippen molar-refractivity contribution in [2.75, 3.05) is 0 Å². The molecule has 0 aromatic carbocycles. The fourth-order valence-corrected chi connectivity index (χ4v) is 3.65. The van der Waals surface area contributed by atoms with Crippen molar-refractivity contribution in [2.24, 2.45) is 16.7 Å². The third-order valence-corrected chi connectivity index (χ3v) is 5.41. The first kappa shape index (κ1) is 16.3. The number of hydrogen-bond donors (Lipinski definition) is 0.